The van der Waals surface area contributed by atoms with Crippen LogP contribution in [0, 0.1) is 0 Å². The first kappa shape index (κ1) is 43.2. The van der Waals surface area contributed by atoms with Crippen LogP contribution in [0.4, 0.5) is 14.4 Å². The standard InChI is InChI=1S/C53H52O9/c1-51(2,3)38-14-26-44(27-15-38)59-48(54)57-42-22-10-36(11-23-42)37-12-24-43(25-13-37)58-49(55)61-46-30-18-40(19-31-46)53(34-8-7-9-35-53)41-20-32-47(33-21-41)62-50(56)60-45-28-16-39(17-29-45)52(4,5)6/h10-33H,7-9,34-35H2,1-6H3. The Hall–Kier alpha value is -6.87. The van der Waals surface area contributed by atoms with Gasteiger partial charge in [0.25, 0.3) is 0 Å². The van der Waals surface area contributed by atoms with Crippen LogP contribution in [0.3, 0.4) is 0 Å². The predicted octanol–water partition coefficient (Wildman–Crippen LogP) is 13.9. The van der Waals surface area contributed by atoms with Crippen molar-refractivity contribution in [3.8, 4) is 45.6 Å². The summed E-state index contributed by atoms with van der Waals surface area (Å²) in [4.78, 5) is 37.8. The summed E-state index contributed by atoms with van der Waals surface area (Å²) in [7, 11) is 0. The van der Waals surface area contributed by atoms with Gasteiger partial charge in [-0.15, -0.1) is 0 Å². The van der Waals surface area contributed by atoms with E-state index in [0.717, 1.165) is 65.5 Å². The molecule has 0 aromatic heterocycles. The molecule has 0 unspecified atom stereocenters. The fourth-order valence-corrected chi connectivity index (χ4v) is 7.70. The van der Waals surface area contributed by atoms with Gasteiger partial charge in [0.1, 0.15) is 34.5 Å². The van der Waals surface area contributed by atoms with Gasteiger partial charge in [-0.3, -0.25) is 0 Å². The summed E-state index contributed by atoms with van der Waals surface area (Å²) in [6.07, 6.45) is 2.75. The van der Waals surface area contributed by atoms with Crippen molar-refractivity contribution >= 4 is 18.5 Å². The van der Waals surface area contributed by atoms with Gasteiger partial charge in [0.2, 0.25) is 0 Å². The van der Waals surface area contributed by atoms with E-state index in [0.29, 0.717) is 34.5 Å². The molecule has 6 aromatic rings. The molecule has 0 amide bonds. The van der Waals surface area contributed by atoms with Crippen LogP contribution in [0.2, 0.25) is 0 Å². The molecule has 7 rings (SSSR count). The van der Waals surface area contributed by atoms with E-state index < -0.39 is 18.5 Å². The van der Waals surface area contributed by atoms with Gasteiger partial charge >= 0.3 is 18.5 Å². The molecule has 62 heavy (non-hydrogen) atoms. The Morgan fingerprint density at radius 3 is 0.855 bits per heavy atom. The zero-order valence-electron chi connectivity index (χ0n) is 36.1. The number of rotatable bonds is 9. The van der Waals surface area contributed by atoms with Gasteiger partial charge in [-0.2, -0.15) is 0 Å². The van der Waals surface area contributed by atoms with Crippen molar-refractivity contribution in [3.63, 3.8) is 0 Å². The monoisotopic (exact) mass is 832 g/mol. The van der Waals surface area contributed by atoms with Crippen LogP contribution in [-0.4, -0.2) is 18.5 Å². The molecule has 0 saturated heterocycles. The molecule has 0 bridgehead atoms. The van der Waals surface area contributed by atoms with Crippen molar-refractivity contribution in [2.45, 2.75) is 89.9 Å². The molecule has 1 aliphatic carbocycles. The van der Waals surface area contributed by atoms with E-state index >= 15 is 0 Å². The molecule has 318 valence electrons. The largest absolute Gasteiger partial charge is 0.519 e. The summed E-state index contributed by atoms with van der Waals surface area (Å²) in [6, 6.07) is 44.0. The lowest BCUT2D eigenvalue weighted by atomic mass is 9.65. The van der Waals surface area contributed by atoms with Crippen LogP contribution in [-0.2, 0) is 16.2 Å². The van der Waals surface area contributed by atoms with Crippen molar-refractivity contribution in [3.05, 3.63) is 168 Å². The molecular formula is C53H52O9. The SMILES string of the molecule is CC(C)(C)c1ccc(OC(=O)Oc2ccc(-c3ccc(OC(=O)Oc4ccc(C5(c6ccc(OC(=O)Oc7ccc(C(C)(C)C)cc7)cc6)CCCCC5)cc4)cc3)cc2)cc1. The first-order valence-corrected chi connectivity index (χ1v) is 20.9. The number of ether oxygens (including phenoxy) is 6. The molecular weight excluding hydrogens is 781 g/mol. The summed E-state index contributed by atoms with van der Waals surface area (Å²) in [6.45, 7) is 12.7. The number of carbonyl (C=O) groups is 3. The average Bonchev–Trinajstić information content (AvgIpc) is 3.25. The maximum absolute atomic E-state index is 12.8. The van der Waals surface area contributed by atoms with E-state index in [-0.39, 0.29) is 16.2 Å². The maximum Gasteiger partial charge on any atom is 0.519 e. The highest BCUT2D eigenvalue weighted by atomic mass is 16.7. The third-order valence-corrected chi connectivity index (χ3v) is 11.2. The van der Waals surface area contributed by atoms with E-state index in [1.54, 1.807) is 72.8 Å². The summed E-state index contributed by atoms with van der Waals surface area (Å²) in [5.41, 5.74) is 5.99. The highest BCUT2D eigenvalue weighted by molar-refractivity contribution is 5.71. The van der Waals surface area contributed by atoms with Crippen molar-refractivity contribution in [1.82, 2.24) is 0 Å². The normalized spacial score (nSPS) is 13.6. The maximum atomic E-state index is 12.8. The quantitative estimate of drug-likeness (QED) is 0.104. The molecule has 9 heteroatoms. The second-order valence-electron chi connectivity index (χ2n) is 17.7. The Kier molecular flexibility index (Phi) is 12.8. The van der Waals surface area contributed by atoms with Crippen molar-refractivity contribution < 1.29 is 42.8 Å². The Bertz CT molecular complexity index is 2450. The Morgan fingerprint density at radius 2 is 0.597 bits per heavy atom. The van der Waals surface area contributed by atoms with Gasteiger partial charge in [0.15, 0.2) is 0 Å². The van der Waals surface area contributed by atoms with E-state index in [2.05, 4.69) is 41.5 Å². The van der Waals surface area contributed by atoms with Gasteiger partial charge in [-0.25, -0.2) is 14.4 Å². The molecule has 0 heterocycles. The van der Waals surface area contributed by atoms with Gasteiger partial charge in [0.05, 0.1) is 0 Å². The first-order chi connectivity index (χ1) is 29.6. The van der Waals surface area contributed by atoms with Crippen LogP contribution in [0.5, 0.6) is 34.5 Å². The van der Waals surface area contributed by atoms with Gasteiger partial charge in [-0.1, -0.05) is 134 Å². The highest BCUT2D eigenvalue weighted by Crippen LogP contribution is 2.45. The summed E-state index contributed by atoms with van der Waals surface area (Å²) in [5, 5.41) is 0. The second kappa shape index (κ2) is 18.4. The minimum Gasteiger partial charge on any atom is -0.395 e. The molecule has 1 saturated carbocycles. The van der Waals surface area contributed by atoms with E-state index in [1.165, 1.54) is 0 Å². The van der Waals surface area contributed by atoms with Crippen LogP contribution < -0.4 is 28.4 Å². The summed E-state index contributed by atoms with van der Waals surface area (Å²) in [5.74, 6) is 2.25. The third kappa shape index (κ3) is 10.9. The van der Waals surface area contributed by atoms with Gasteiger partial charge in [-0.05, 0) is 130 Å². The number of carbonyl (C=O) groups excluding carboxylic acids is 3. The van der Waals surface area contributed by atoms with Crippen molar-refractivity contribution in [1.29, 1.82) is 0 Å². The minimum absolute atomic E-state index is 0.00474. The van der Waals surface area contributed by atoms with Crippen molar-refractivity contribution in [2.24, 2.45) is 0 Å². The van der Waals surface area contributed by atoms with E-state index in [9.17, 15) is 14.4 Å². The molecule has 0 aliphatic heterocycles. The Morgan fingerprint density at radius 1 is 0.355 bits per heavy atom. The Balaban J connectivity index is 0.910. The number of hydrogen-bond acceptors (Lipinski definition) is 9. The summed E-state index contributed by atoms with van der Waals surface area (Å²) < 4.78 is 32.7. The zero-order chi connectivity index (χ0) is 43.9. The molecule has 1 aliphatic rings. The number of benzene rings is 6. The summed E-state index contributed by atoms with van der Waals surface area (Å²) >= 11 is 0. The lowest BCUT2D eigenvalue weighted by molar-refractivity contribution is 0.150. The molecule has 0 N–H and O–H groups in total. The number of hydrogen-bond donors (Lipinski definition) is 0. The van der Waals surface area contributed by atoms with Gasteiger partial charge < -0.3 is 28.4 Å². The fraction of sp³-hybridized carbons (Fsp3) is 0.264. The van der Waals surface area contributed by atoms with Gasteiger partial charge in [0, 0.05) is 5.41 Å². The molecule has 0 spiro atoms. The topological polar surface area (TPSA) is 107 Å². The third-order valence-electron chi connectivity index (χ3n) is 11.2. The van der Waals surface area contributed by atoms with Crippen LogP contribution in [0.1, 0.15) is 95.9 Å². The van der Waals surface area contributed by atoms with Crippen molar-refractivity contribution in [2.75, 3.05) is 0 Å². The first-order valence-electron chi connectivity index (χ1n) is 20.9. The zero-order valence-corrected chi connectivity index (χ0v) is 36.1. The molecule has 6 aromatic carbocycles. The lowest BCUT2D eigenvalue weighted by Gasteiger charge is -2.38. The predicted molar refractivity (Wildman–Crippen MR) is 239 cm³/mol. The van der Waals surface area contributed by atoms with Crippen LogP contribution >= 0.6 is 0 Å². The molecule has 1 fully saturated rings. The smallest absolute Gasteiger partial charge is 0.395 e. The van der Waals surface area contributed by atoms with E-state index in [1.807, 2.05) is 72.8 Å². The highest BCUT2D eigenvalue weighted by Gasteiger charge is 2.36. The van der Waals surface area contributed by atoms with E-state index in [4.69, 9.17) is 28.4 Å². The lowest BCUT2D eigenvalue weighted by Crippen LogP contribution is -2.30. The average molecular weight is 833 g/mol. The van der Waals surface area contributed by atoms with Crippen LogP contribution in [0.15, 0.2) is 146 Å². The Labute approximate surface area is 363 Å². The minimum atomic E-state index is -0.854. The fourth-order valence-electron chi connectivity index (χ4n) is 7.70. The molecule has 9 nitrogen and oxygen atoms in total. The molecule has 0 radical (unpaired) electrons. The second-order valence-corrected chi connectivity index (χ2v) is 17.7. The van der Waals surface area contributed by atoms with Crippen LogP contribution in [0.25, 0.3) is 11.1 Å². The molecule has 0 atom stereocenters.